The lowest BCUT2D eigenvalue weighted by atomic mass is 10.1. The summed E-state index contributed by atoms with van der Waals surface area (Å²) < 4.78 is 9.87. The molecule has 91 heavy (non-hydrogen) atoms. The van der Waals surface area contributed by atoms with Crippen LogP contribution in [0.1, 0.15) is 85.0 Å². The highest BCUT2D eigenvalue weighted by atomic mass is 36.0. The van der Waals surface area contributed by atoms with Crippen LogP contribution >= 0.6 is 33.0 Å². The van der Waals surface area contributed by atoms with Gasteiger partial charge in [-0.3, -0.25) is 39.5 Å². The highest BCUT2D eigenvalue weighted by Gasteiger charge is 2.20. The van der Waals surface area contributed by atoms with Crippen molar-refractivity contribution in [2.45, 2.75) is 6.92 Å². The summed E-state index contributed by atoms with van der Waals surface area (Å²) in [7, 11) is 7.36. The normalized spacial score (nSPS) is 12.4. The number of carbonyl (C=O) groups is 10. The molecule has 26 nitrogen and oxygen atoms in total. The quantitative estimate of drug-likeness (QED) is 0.0109. The summed E-state index contributed by atoms with van der Waals surface area (Å²) in [6, 6.07) is 42.9. The first-order valence-corrected chi connectivity index (χ1v) is 30.6. The number of carbonyl (C=O) groups excluding carboxylic acids is 9. The number of carboxylic acids is 1. The van der Waals surface area contributed by atoms with Crippen molar-refractivity contribution in [2.75, 3.05) is 90.6 Å². The second-order valence-corrected chi connectivity index (χ2v) is 21.0. The van der Waals surface area contributed by atoms with Gasteiger partial charge in [0.25, 0.3) is 17.1 Å². The molecule has 3 heterocycles. The number of para-hydroxylation sites is 2. The number of aliphatic hydroxyl groups excluding tert-OH is 1. The molecule has 3 aliphatic rings. The standard InChI is InChI=1S/C19H20N4O3.C13H15N3O3.C8H5ClO2.C8H6O3.C6H7NO.C5H11N3O.C2H6O.Cl2OS/c24-18(20-10-12-22-13-11-21-19(22)25)16-8-6-15(7-9-16)14-23(26)17-4-2-1-3-5-17;17-9-10-1-3-11(4-2-10)12(18)14-5-7-16-8-6-15-13(16)19;9-8(11)7-3-1-6(5-10)2-4-7;9-5-6-1-3-7(4-2-6)8(10)11;8-7-6-4-2-1-3-5-6;6-1-3-8-4-2-7-5(8)9;1-2-3;1-4(2)3/h1-9,14H,10-13H2,(H,20,24)(H,21,25);1-4,9H,5-8H2,(H,14,18)(H,15,19);1-5H;1-5H,(H,10,11);1-5,7-8H;1-4,6H2,(H,7,9);3H,2H2,1H3;. The van der Waals surface area contributed by atoms with Crippen molar-refractivity contribution in [1.29, 1.82) is 0 Å². The summed E-state index contributed by atoms with van der Waals surface area (Å²) in [6.07, 6.45) is 3.57. The average molecular weight is 1340 g/mol. The van der Waals surface area contributed by atoms with Crippen LogP contribution in [-0.2, 0) is 9.23 Å². The number of nitrogens with two attached hydrogens (primary N) is 1. The van der Waals surface area contributed by atoms with Gasteiger partial charge >= 0.3 is 24.1 Å². The maximum absolute atomic E-state index is 12.1. The maximum Gasteiger partial charge on any atom is 0.335 e. The van der Waals surface area contributed by atoms with E-state index in [1.54, 1.807) is 119 Å². The fraction of sp³-hybridized carbons (Fsp3) is 0.230. The molecule has 0 spiro atoms. The lowest BCUT2D eigenvalue weighted by Gasteiger charge is -2.14. The number of amides is 8. The van der Waals surface area contributed by atoms with Gasteiger partial charge in [0, 0.05) is 158 Å². The molecule has 6 aromatic rings. The second kappa shape index (κ2) is 45.6. The van der Waals surface area contributed by atoms with E-state index in [0.29, 0.717) is 128 Å². The highest BCUT2D eigenvalue weighted by Crippen LogP contribution is 2.11. The van der Waals surface area contributed by atoms with Crippen molar-refractivity contribution in [3.8, 4) is 0 Å². The monoisotopic (exact) mass is 1330 g/mol. The Labute approximate surface area is 541 Å². The van der Waals surface area contributed by atoms with E-state index in [-0.39, 0.29) is 42.1 Å². The third-order valence-corrected chi connectivity index (χ3v) is 12.0. The number of rotatable bonds is 18. The smallest absolute Gasteiger partial charge is 0.335 e. The zero-order chi connectivity index (χ0) is 67.3. The van der Waals surface area contributed by atoms with Crippen molar-refractivity contribution in [1.82, 2.24) is 41.3 Å². The molecule has 0 radical (unpaired) electrons. The van der Waals surface area contributed by atoms with Crippen LogP contribution in [0, 0.1) is 5.21 Å². The van der Waals surface area contributed by atoms with Crippen molar-refractivity contribution >= 4 is 120 Å². The molecule has 11 N–H and O–H groups in total. The van der Waals surface area contributed by atoms with Crippen LogP contribution in [0.5, 0.6) is 0 Å². The summed E-state index contributed by atoms with van der Waals surface area (Å²) in [6.45, 7) is 9.10. The SMILES string of the molecule is CCO.NCCN1CCNC1=O.O=C(NCCN1CCNC1=O)c1ccc(C=[N+]([O-])c2ccccc2)cc1.O=Cc1ccc(C(=O)Cl)cc1.O=Cc1ccc(C(=O)NCCN2CCNC2=O)cc1.O=Cc1ccc(C(=O)O)cc1.O=S(Cl)Cl.ONc1ccccc1. The molecular formula is C61H70Cl3N11O15S. The first-order chi connectivity index (χ1) is 43.7. The Morgan fingerprint density at radius 3 is 1.21 bits per heavy atom. The molecule has 30 heteroatoms. The topological polar surface area (TPSA) is 382 Å². The molecule has 486 valence electrons. The Kier molecular flexibility index (Phi) is 38.8. The van der Waals surface area contributed by atoms with E-state index >= 15 is 0 Å². The molecule has 9 rings (SSSR count). The van der Waals surface area contributed by atoms with Gasteiger partial charge in [-0.15, -0.1) is 0 Å². The van der Waals surface area contributed by atoms with Crippen molar-refractivity contribution in [2.24, 2.45) is 5.73 Å². The number of nitrogens with one attached hydrogen (secondary N) is 6. The molecular weight excluding hydrogens is 1270 g/mol. The number of aliphatic hydroxyl groups is 1. The van der Waals surface area contributed by atoms with Crippen molar-refractivity contribution < 1.29 is 72.3 Å². The van der Waals surface area contributed by atoms with Crippen molar-refractivity contribution in [3.05, 3.63) is 207 Å². The van der Waals surface area contributed by atoms with E-state index in [0.717, 1.165) is 24.1 Å². The summed E-state index contributed by atoms with van der Waals surface area (Å²) >= 11 is 5.17. The first-order valence-electron chi connectivity index (χ1n) is 27.4. The van der Waals surface area contributed by atoms with Crippen LogP contribution in [0.25, 0.3) is 0 Å². The largest absolute Gasteiger partial charge is 0.618 e. The van der Waals surface area contributed by atoms with Gasteiger partial charge in [0.05, 0.1) is 11.3 Å². The Morgan fingerprint density at radius 2 is 0.912 bits per heavy atom. The van der Waals surface area contributed by atoms with Crippen LogP contribution < -0.4 is 37.8 Å². The number of carboxylic acid groups (broad SMARTS) is 1. The van der Waals surface area contributed by atoms with E-state index in [1.807, 2.05) is 29.7 Å². The molecule has 0 aromatic heterocycles. The fourth-order valence-electron chi connectivity index (χ4n) is 7.27. The van der Waals surface area contributed by atoms with Crippen LogP contribution in [0.15, 0.2) is 158 Å². The van der Waals surface area contributed by atoms with Gasteiger partial charge in [-0.05, 0) is 91.3 Å². The lowest BCUT2D eigenvalue weighted by molar-refractivity contribution is -0.354. The summed E-state index contributed by atoms with van der Waals surface area (Å²) in [5, 5.41) is 49.5. The Morgan fingerprint density at radius 1 is 0.582 bits per heavy atom. The van der Waals surface area contributed by atoms with Gasteiger partial charge in [0.2, 0.25) is 14.9 Å². The average Bonchev–Trinajstić information content (AvgIpc) is 4.48. The number of hydrogen-bond donors (Lipinski definition) is 10. The van der Waals surface area contributed by atoms with Crippen molar-refractivity contribution in [3.63, 3.8) is 0 Å². The van der Waals surface area contributed by atoms with E-state index in [4.69, 9.17) is 37.0 Å². The van der Waals surface area contributed by atoms with Gasteiger partial charge < -0.3 is 62.4 Å². The van der Waals surface area contributed by atoms with Gasteiger partial charge in [-0.1, -0.05) is 72.8 Å². The number of anilines is 1. The number of urea groups is 3. The number of aldehydes is 3. The number of benzene rings is 6. The van der Waals surface area contributed by atoms with Crippen LogP contribution in [0.2, 0.25) is 0 Å². The molecule has 3 saturated heterocycles. The third kappa shape index (κ3) is 32.4. The Bertz CT molecular complexity index is 3210. The number of hydrogen-bond acceptors (Lipinski definition) is 16. The summed E-state index contributed by atoms with van der Waals surface area (Å²) in [5.74, 6) is -1.40. The first kappa shape index (κ1) is 77.5. The van der Waals surface area contributed by atoms with E-state index in [9.17, 15) is 53.2 Å². The second-order valence-electron chi connectivity index (χ2n) is 18.1. The number of halogens is 3. The minimum absolute atomic E-state index is 0.0143. The molecule has 0 unspecified atom stereocenters. The van der Waals surface area contributed by atoms with E-state index < -0.39 is 20.4 Å². The molecule has 3 fully saturated rings. The molecule has 8 amide bonds. The molecule has 0 atom stereocenters. The van der Waals surface area contributed by atoms with Crippen LogP contribution in [-0.4, -0.2) is 190 Å². The van der Waals surface area contributed by atoms with Gasteiger partial charge in [-0.25, -0.2) is 23.4 Å². The highest BCUT2D eigenvalue weighted by molar-refractivity contribution is 8.26. The van der Waals surface area contributed by atoms with E-state index in [1.165, 1.54) is 42.6 Å². The van der Waals surface area contributed by atoms with Gasteiger partial charge in [-0.2, -0.15) is 4.74 Å². The number of aromatic carboxylic acids is 1. The minimum Gasteiger partial charge on any atom is -0.618 e. The van der Waals surface area contributed by atoms with E-state index in [2.05, 4.69) is 47.9 Å². The predicted molar refractivity (Wildman–Crippen MR) is 347 cm³/mol. The van der Waals surface area contributed by atoms with Gasteiger partial charge in [0.1, 0.15) is 18.9 Å². The summed E-state index contributed by atoms with van der Waals surface area (Å²) in [4.78, 5) is 114. The Hall–Kier alpha value is -9.61. The zero-order valence-electron chi connectivity index (χ0n) is 49.2. The minimum atomic E-state index is -1.67. The fourth-order valence-corrected chi connectivity index (χ4v) is 7.40. The molecule has 0 aliphatic carbocycles. The molecule has 3 aliphatic heterocycles. The third-order valence-electron chi connectivity index (χ3n) is 11.8. The maximum atomic E-state index is 12.1. The van der Waals surface area contributed by atoms with Crippen LogP contribution in [0.3, 0.4) is 0 Å². The molecule has 6 aromatic carbocycles. The Balaban J connectivity index is 0.000000382. The molecule has 0 saturated carbocycles. The van der Waals surface area contributed by atoms with Crippen LogP contribution in [0.4, 0.5) is 25.8 Å². The molecule has 0 bridgehead atoms. The van der Waals surface area contributed by atoms with Gasteiger partial charge in [0.15, 0.2) is 6.21 Å². The predicted octanol–water partition coefficient (Wildman–Crippen LogP) is 6.53. The number of nitrogens with zero attached hydrogens (tertiary/aromatic N) is 4. The summed E-state index contributed by atoms with van der Waals surface area (Å²) in [5.41, 5.74) is 12.4. The lowest BCUT2D eigenvalue weighted by Crippen LogP contribution is -2.36. The zero-order valence-corrected chi connectivity index (χ0v) is 52.2.